The number of benzene rings is 3. The smallest absolute Gasteiger partial charge is 0.374 e. The van der Waals surface area contributed by atoms with E-state index in [1.54, 1.807) is 44.2 Å². The normalized spacial score (nSPS) is 11.4. The van der Waals surface area contributed by atoms with Gasteiger partial charge in [0, 0.05) is 16.8 Å². The highest BCUT2D eigenvalue weighted by Crippen LogP contribution is 2.31. The van der Waals surface area contributed by atoms with Gasteiger partial charge in [-0.15, -0.1) is 0 Å². The van der Waals surface area contributed by atoms with Crippen molar-refractivity contribution in [3.63, 3.8) is 0 Å². The number of hydrogen-bond donors (Lipinski definition) is 0. The summed E-state index contributed by atoms with van der Waals surface area (Å²) in [5.74, 6) is 1.18. The summed E-state index contributed by atoms with van der Waals surface area (Å²) in [5.41, 5.74) is 2.88. The molecule has 3 aromatic heterocycles. The van der Waals surface area contributed by atoms with Gasteiger partial charge < -0.3 is 22.7 Å². The quantitative estimate of drug-likeness (QED) is 0.230. The van der Waals surface area contributed by atoms with Crippen LogP contribution in [0.5, 0.6) is 5.75 Å². The number of furan rings is 2. The fourth-order valence-electron chi connectivity index (χ4n) is 4.42. The van der Waals surface area contributed by atoms with Gasteiger partial charge in [-0.2, -0.15) is 0 Å². The molecule has 0 aliphatic rings. The van der Waals surface area contributed by atoms with Gasteiger partial charge in [0.05, 0.1) is 12.0 Å². The van der Waals surface area contributed by atoms with Crippen molar-refractivity contribution in [1.29, 1.82) is 0 Å². The molecule has 0 spiro atoms. The molecule has 0 radical (unpaired) electrons. The van der Waals surface area contributed by atoms with E-state index in [-0.39, 0.29) is 24.4 Å². The van der Waals surface area contributed by atoms with Crippen LogP contribution in [-0.4, -0.2) is 12.6 Å². The first-order chi connectivity index (χ1) is 18.0. The van der Waals surface area contributed by atoms with Gasteiger partial charge in [-0.25, -0.2) is 4.79 Å². The Labute approximate surface area is 210 Å². The number of ether oxygens (including phenoxy) is 2. The number of hydrogen-bond acceptors (Lipinski definition) is 7. The molecule has 0 N–H and O–H groups in total. The van der Waals surface area contributed by atoms with Crippen LogP contribution in [0.1, 0.15) is 28.8 Å². The van der Waals surface area contributed by atoms with E-state index in [1.165, 1.54) is 0 Å². The minimum atomic E-state index is -0.493. The molecule has 0 amide bonds. The van der Waals surface area contributed by atoms with Crippen LogP contribution < -0.4 is 10.2 Å². The van der Waals surface area contributed by atoms with Gasteiger partial charge in [0.2, 0.25) is 11.2 Å². The number of fused-ring (bicyclic) bond motifs is 3. The zero-order chi connectivity index (χ0) is 25.5. The van der Waals surface area contributed by atoms with Crippen molar-refractivity contribution in [2.24, 2.45) is 0 Å². The fourth-order valence-corrected chi connectivity index (χ4v) is 4.42. The van der Waals surface area contributed by atoms with E-state index in [9.17, 15) is 9.59 Å². The maximum absolute atomic E-state index is 13.3. The Bertz CT molecular complexity index is 1820. The highest BCUT2D eigenvalue weighted by molar-refractivity contribution is 5.92. The number of esters is 1. The summed E-state index contributed by atoms with van der Waals surface area (Å²) in [7, 11) is 0. The molecule has 0 atom stereocenters. The van der Waals surface area contributed by atoms with Crippen molar-refractivity contribution >= 4 is 38.9 Å². The first kappa shape index (κ1) is 22.7. The van der Waals surface area contributed by atoms with Crippen LogP contribution in [0, 0.1) is 6.92 Å². The molecule has 7 nitrogen and oxygen atoms in total. The number of para-hydroxylation sites is 1. The summed E-state index contributed by atoms with van der Waals surface area (Å²) in [4.78, 5) is 25.3. The van der Waals surface area contributed by atoms with Crippen molar-refractivity contribution in [2.45, 2.75) is 20.5 Å². The summed E-state index contributed by atoms with van der Waals surface area (Å²) in [5, 5.41) is 2.15. The van der Waals surface area contributed by atoms with E-state index in [1.807, 2.05) is 42.5 Å². The Morgan fingerprint density at radius 1 is 0.838 bits per heavy atom. The fraction of sp³-hybridized carbons (Fsp3) is 0.133. The molecule has 0 saturated heterocycles. The van der Waals surface area contributed by atoms with Crippen LogP contribution >= 0.6 is 0 Å². The van der Waals surface area contributed by atoms with Gasteiger partial charge in [0.25, 0.3) is 0 Å². The molecule has 0 bridgehead atoms. The Morgan fingerprint density at radius 3 is 2.51 bits per heavy atom. The summed E-state index contributed by atoms with van der Waals surface area (Å²) in [6.45, 7) is 4.06. The monoisotopic (exact) mass is 494 g/mol. The highest BCUT2D eigenvalue weighted by Gasteiger charge is 2.18. The largest absolute Gasteiger partial charge is 0.489 e. The predicted octanol–water partition coefficient (Wildman–Crippen LogP) is 7.02. The molecule has 37 heavy (non-hydrogen) atoms. The third kappa shape index (κ3) is 4.14. The molecular formula is C30H22O7. The third-order valence-electron chi connectivity index (χ3n) is 6.17. The van der Waals surface area contributed by atoms with Crippen molar-refractivity contribution in [3.05, 3.63) is 100 Å². The van der Waals surface area contributed by atoms with E-state index in [0.29, 0.717) is 45.0 Å². The lowest BCUT2D eigenvalue weighted by Gasteiger charge is -2.09. The summed E-state index contributed by atoms with van der Waals surface area (Å²) >= 11 is 0. The second kappa shape index (κ2) is 9.02. The van der Waals surface area contributed by atoms with Crippen LogP contribution in [0.25, 0.3) is 44.2 Å². The van der Waals surface area contributed by atoms with Crippen LogP contribution in [0.3, 0.4) is 0 Å². The Hall–Kier alpha value is -4.78. The molecule has 184 valence electrons. The van der Waals surface area contributed by atoms with Crippen molar-refractivity contribution in [2.75, 3.05) is 6.61 Å². The standard InChI is InChI=1S/C30H22O7/c1-3-33-30(32)27-14-20-12-18(8-11-24(20)37-27)16-34-21-9-10-22-25(15-21)35-17(2)28(29(22)31)26-13-19-6-4-5-7-23(19)36-26/h4-15H,3,16H2,1-2H3. The molecule has 6 rings (SSSR count). The van der Waals surface area contributed by atoms with E-state index < -0.39 is 5.97 Å². The van der Waals surface area contributed by atoms with E-state index in [2.05, 4.69) is 0 Å². The lowest BCUT2D eigenvalue weighted by Crippen LogP contribution is -2.07. The minimum absolute atomic E-state index is 0.160. The van der Waals surface area contributed by atoms with Gasteiger partial charge in [-0.05, 0) is 61.9 Å². The van der Waals surface area contributed by atoms with Crippen LogP contribution in [0.4, 0.5) is 0 Å². The summed E-state index contributed by atoms with van der Waals surface area (Å²) < 4.78 is 28.5. The molecular weight excluding hydrogens is 472 g/mol. The second-order valence-corrected chi connectivity index (χ2v) is 8.66. The molecule has 0 fully saturated rings. The van der Waals surface area contributed by atoms with Gasteiger partial charge in [0.1, 0.15) is 46.2 Å². The van der Waals surface area contributed by atoms with Crippen molar-refractivity contribution in [1.82, 2.24) is 0 Å². The lowest BCUT2D eigenvalue weighted by atomic mass is 10.1. The molecule has 0 saturated carbocycles. The van der Waals surface area contributed by atoms with Crippen LogP contribution in [0.15, 0.2) is 90.8 Å². The van der Waals surface area contributed by atoms with Gasteiger partial charge in [-0.1, -0.05) is 24.3 Å². The predicted molar refractivity (Wildman–Crippen MR) is 139 cm³/mol. The lowest BCUT2D eigenvalue weighted by molar-refractivity contribution is 0.0492. The van der Waals surface area contributed by atoms with E-state index in [4.69, 9.17) is 22.7 Å². The summed E-state index contributed by atoms with van der Waals surface area (Å²) in [6, 6.07) is 21.8. The molecule has 6 aromatic rings. The topological polar surface area (TPSA) is 92.0 Å². The molecule has 0 unspecified atom stereocenters. The highest BCUT2D eigenvalue weighted by atomic mass is 16.5. The molecule has 0 aliphatic carbocycles. The first-order valence-electron chi connectivity index (χ1n) is 11.9. The van der Waals surface area contributed by atoms with Gasteiger partial charge >= 0.3 is 5.97 Å². The van der Waals surface area contributed by atoms with E-state index >= 15 is 0 Å². The second-order valence-electron chi connectivity index (χ2n) is 8.66. The number of rotatable bonds is 6. The molecule has 3 aromatic carbocycles. The van der Waals surface area contributed by atoms with Crippen molar-refractivity contribution in [3.8, 4) is 17.1 Å². The molecule has 0 aliphatic heterocycles. The van der Waals surface area contributed by atoms with Crippen LogP contribution in [-0.2, 0) is 11.3 Å². The Kier molecular flexibility index (Phi) is 5.53. The number of carbonyl (C=O) groups is 1. The van der Waals surface area contributed by atoms with Crippen LogP contribution in [0.2, 0.25) is 0 Å². The Balaban J connectivity index is 1.26. The minimum Gasteiger partial charge on any atom is -0.489 e. The van der Waals surface area contributed by atoms with Crippen molar-refractivity contribution < 1.29 is 27.5 Å². The molecule has 3 heterocycles. The van der Waals surface area contributed by atoms with Gasteiger partial charge in [0.15, 0.2) is 0 Å². The maximum Gasteiger partial charge on any atom is 0.374 e. The molecule has 7 heteroatoms. The first-order valence-corrected chi connectivity index (χ1v) is 11.9. The van der Waals surface area contributed by atoms with E-state index in [0.717, 1.165) is 16.3 Å². The average Bonchev–Trinajstić information content (AvgIpc) is 3.51. The third-order valence-corrected chi connectivity index (χ3v) is 6.17. The average molecular weight is 494 g/mol. The zero-order valence-electron chi connectivity index (χ0n) is 20.2. The van der Waals surface area contributed by atoms with Gasteiger partial charge in [-0.3, -0.25) is 4.79 Å². The Morgan fingerprint density at radius 2 is 1.68 bits per heavy atom. The maximum atomic E-state index is 13.3. The number of carbonyl (C=O) groups excluding carboxylic acids is 1. The zero-order valence-corrected chi connectivity index (χ0v) is 20.2. The summed E-state index contributed by atoms with van der Waals surface area (Å²) in [6.07, 6.45) is 0. The number of aryl methyl sites for hydroxylation is 1. The SMILES string of the molecule is CCOC(=O)c1cc2cc(COc3ccc4c(=O)c(-c5cc6ccccc6o5)c(C)oc4c3)ccc2o1.